The SMILES string of the molecule is CCCNC(=O)c1ccccc1NC(=O)[C@@H](C)Oc1ccc(F)cc1. The van der Waals surface area contributed by atoms with Crippen molar-refractivity contribution >= 4 is 17.5 Å². The first-order chi connectivity index (χ1) is 12.0. The number of hydrogen-bond donors (Lipinski definition) is 2. The van der Waals surface area contributed by atoms with Crippen molar-refractivity contribution in [3.63, 3.8) is 0 Å². The molecular weight excluding hydrogens is 323 g/mol. The molecule has 25 heavy (non-hydrogen) atoms. The van der Waals surface area contributed by atoms with E-state index in [1.165, 1.54) is 24.3 Å². The summed E-state index contributed by atoms with van der Waals surface area (Å²) in [7, 11) is 0. The zero-order chi connectivity index (χ0) is 18.2. The van der Waals surface area contributed by atoms with E-state index in [-0.39, 0.29) is 11.7 Å². The number of nitrogens with one attached hydrogen (secondary N) is 2. The maximum atomic E-state index is 12.9. The first kappa shape index (κ1) is 18.4. The van der Waals surface area contributed by atoms with Crippen molar-refractivity contribution in [2.45, 2.75) is 26.4 Å². The van der Waals surface area contributed by atoms with Gasteiger partial charge in [-0.25, -0.2) is 4.39 Å². The Morgan fingerprint density at radius 2 is 1.80 bits per heavy atom. The molecule has 1 atom stereocenters. The second kappa shape index (κ2) is 8.82. The third-order valence-electron chi connectivity index (χ3n) is 3.46. The molecule has 2 amide bonds. The van der Waals surface area contributed by atoms with Crippen molar-refractivity contribution in [2.24, 2.45) is 0 Å². The molecule has 0 aromatic heterocycles. The van der Waals surface area contributed by atoms with Crippen molar-refractivity contribution in [1.29, 1.82) is 0 Å². The van der Waals surface area contributed by atoms with Gasteiger partial charge in [0.15, 0.2) is 6.10 Å². The molecule has 6 heteroatoms. The van der Waals surface area contributed by atoms with Gasteiger partial charge in [-0.15, -0.1) is 0 Å². The summed E-state index contributed by atoms with van der Waals surface area (Å²) in [5.41, 5.74) is 0.800. The van der Waals surface area contributed by atoms with Gasteiger partial charge in [0.2, 0.25) is 0 Å². The summed E-state index contributed by atoms with van der Waals surface area (Å²) in [6.07, 6.45) is 0.0141. The predicted molar refractivity (Wildman–Crippen MR) is 94.2 cm³/mol. The highest BCUT2D eigenvalue weighted by atomic mass is 19.1. The van der Waals surface area contributed by atoms with Crippen LogP contribution in [-0.2, 0) is 4.79 Å². The van der Waals surface area contributed by atoms with Gasteiger partial charge in [-0.05, 0) is 49.7 Å². The van der Waals surface area contributed by atoms with Gasteiger partial charge < -0.3 is 15.4 Å². The Hall–Kier alpha value is -2.89. The fourth-order valence-corrected chi connectivity index (χ4v) is 2.13. The average Bonchev–Trinajstić information content (AvgIpc) is 2.62. The minimum atomic E-state index is -0.808. The topological polar surface area (TPSA) is 67.4 Å². The van der Waals surface area contributed by atoms with E-state index in [1.54, 1.807) is 31.2 Å². The molecule has 0 fully saturated rings. The molecule has 132 valence electrons. The van der Waals surface area contributed by atoms with E-state index in [4.69, 9.17) is 4.74 Å². The molecule has 0 radical (unpaired) electrons. The van der Waals surface area contributed by atoms with E-state index >= 15 is 0 Å². The van der Waals surface area contributed by atoms with Crippen LogP contribution >= 0.6 is 0 Å². The van der Waals surface area contributed by atoms with E-state index < -0.39 is 12.0 Å². The van der Waals surface area contributed by atoms with Crippen molar-refractivity contribution in [3.8, 4) is 5.75 Å². The Morgan fingerprint density at radius 1 is 1.12 bits per heavy atom. The van der Waals surface area contributed by atoms with E-state index in [9.17, 15) is 14.0 Å². The summed E-state index contributed by atoms with van der Waals surface area (Å²) < 4.78 is 18.4. The Kier molecular flexibility index (Phi) is 6.51. The highest BCUT2D eigenvalue weighted by molar-refractivity contribution is 6.04. The highest BCUT2D eigenvalue weighted by Crippen LogP contribution is 2.17. The summed E-state index contributed by atoms with van der Waals surface area (Å²) in [6, 6.07) is 12.2. The van der Waals surface area contributed by atoms with Crippen molar-refractivity contribution in [2.75, 3.05) is 11.9 Å². The minimum absolute atomic E-state index is 0.246. The zero-order valence-electron chi connectivity index (χ0n) is 14.2. The molecule has 0 spiro atoms. The van der Waals surface area contributed by atoms with Gasteiger partial charge in [-0.1, -0.05) is 19.1 Å². The Balaban J connectivity index is 2.04. The summed E-state index contributed by atoms with van der Waals surface area (Å²) in [6.45, 7) is 4.10. The lowest BCUT2D eigenvalue weighted by molar-refractivity contribution is -0.122. The third-order valence-corrected chi connectivity index (χ3v) is 3.46. The fraction of sp³-hybridized carbons (Fsp3) is 0.263. The molecule has 0 saturated carbocycles. The molecule has 2 aromatic carbocycles. The van der Waals surface area contributed by atoms with Crippen LogP contribution in [0.1, 0.15) is 30.6 Å². The largest absolute Gasteiger partial charge is 0.481 e. The maximum Gasteiger partial charge on any atom is 0.265 e. The first-order valence-corrected chi connectivity index (χ1v) is 8.11. The summed E-state index contributed by atoms with van der Waals surface area (Å²) in [5.74, 6) is -0.639. The van der Waals surface area contributed by atoms with Crippen LogP contribution in [0, 0.1) is 5.82 Å². The standard InChI is InChI=1S/C19H21FN2O3/c1-3-12-21-19(24)16-6-4-5-7-17(16)22-18(23)13(2)25-15-10-8-14(20)9-11-15/h4-11,13H,3,12H2,1-2H3,(H,21,24)(H,22,23)/t13-/m1/s1. The molecule has 0 aliphatic rings. The number of carbonyl (C=O) groups excluding carboxylic acids is 2. The van der Waals surface area contributed by atoms with Gasteiger partial charge >= 0.3 is 0 Å². The molecule has 0 saturated heterocycles. The monoisotopic (exact) mass is 344 g/mol. The Morgan fingerprint density at radius 3 is 2.48 bits per heavy atom. The van der Waals surface area contributed by atoms with E-state index in [0.29, 0.717) is 23.5 Å². The second-order valence-corrected chi connectivity index (χ2v) is 5.50. The van der Waals surface area contributed by atoms with Crippen LogP contribution in [0.15, 0.2) is 48.5 Å². The molecule has 0 heterocycles. The minimum Gasteiger partial charge on any atom is -0.481 e. The molecule has 2 rings (SSSR count). The van der Waals surface area contributed by atoms with Crippen LogP contribution in [0.4, 0.5) is 10.1 Å². The Bertz CT molecular complexity index is 732. The summed E-state index contributed by atoms with van der Waals surface area (Å²) in [4.78, 5) is 24.5. The van der Waals surface area contributed by atoms with Gasteiger partial charge in [0.05, 0.1) is 11.3 Å². The normalized spacial score (nSPS) is 11.5. The van der Waals surface area contributed by atoms with Crippen LogP contribution in [0.5, 0.6) is 5.75 Å². The van der Waals surface area contributed by atoms with Crippen LogP contribution < -0.4 is 15.4 Å². The maximum absolute atomic E-state index is 12.9. The number of hydrogen-bond acceptors (Lipinski definition) is 3. The van der Waals surface area contributed by atoms with Gasteiger partial charge in [0, 0.05) is 6.54 Å². The van der Waals surface area contributed by atoms with E-state index in [2.05, 4.69) is 10.6 Å². The second-order valence-electron chi connectivity index (χ2n) is 5.50. The first-order valence-electron chi connectivity index (χ1n) is 8.11. The van der Waals surface area contributed by atoms with Crippen molar-refractivity contribution in [3.05, 3.63) is 59.9 Å². The summed E-state index contributed by atoms with van der Waals surface area (Å²) in [5, 5.41) is 5.48. The number of benzene rings is 2. The van der Waals surface area contributed by atoms with E-state index in [1.807, 2.05) is 6.92 Å². The van der Waals surface area contributed by atoms with Crippen LogP contribution in [-0.4, -0.2) is 24.5 Å². The highest BCUT2D eigenvalue weighted by Gasteiger charge is 2.18. The Labute approximate surface area is 146 Å². The van der Waals surface area contributed by atoms with Gasteiger partial charge in [-0.3, -0.25) is 9.59 Å². The van der Waals surface area contributed by atoms with Crippen molar-refractivity contribution < 1.29 is 18.7 Å². The lowest BCUT2D eigenvalue weighted by Gasteiger charge is -2.16. The molecule has 0 aliphatic carbocycles. The number of para-hydroxylation sites is 1. The molecule has 0 unspecified atom stereocenters. The molecule has 0 aliphatic heterocycles. The number of carbonyl (C=O) groups is 2. The molecule has 5 nitrogen and oxygen atoms in total. The van der Waals surface area contributed by atoms with E-state index in [0.717, 1.165) is 6.42 Å². The number of ether oxygens (including phenoxy) is 1. The number of rotatable bonds is 7. The lowest BCUT2D eigenvalue weighted by Crippen LogP contribution is -2.32. The quantitative estimate of drug-likeness (QED) is 0.809. The molecule has 2 aromatic rings. The lowest BCUT2D eigenvalue weighted by atomic mass is 10.1. The fourth-order valence-electron chi connectivity index (χ4n) is 2.13. The van der Waals surface area contributed by atoms with Crippen molar-refractivity contribution in [1.82, 2.24) is 5.32 Å². The number of anilines is 1. The van der Waals surface area contributed by atoms with Crippen LogP contribution in [0.2, 0.25) is 0 Å². The van der Waals surface area contributed by atoms with Gasteiger partial charge in [-0.2, -0.15) is 0 Å². The average molecular weight is 344 g/mol. The smallest absolute Gasteiger partial charge is 0.265 e. The van der Waals surface area contributed by atoms with Crippen LogP contribution in [0.3, 0.4) is 0 Å². The molecule has 2 N–H and O–H groups in total. The predicted octanol–water partition coefficient (Wildman–Crippen LogP) is 3.37. The zero-order valence-corrected chi connectivity index (χ0v) is 14.2. The number of halogens is 1. The van der Waals surface area contributed by atoms with Crippen LogP contribution in [0.25, 0.3) is 0 Å². The van der Waals surface area contributed by atoms with Gasteiger partial charge in [0.1, 0.15) is 11.6 Å². The molecular formula is C19H21FN2O3. The third kappa shape index (κ3) is 5.31. The number of amides is 2. The van der Waals surface area contributed by atoms with Gasteiger partial charge in [0.25, 0.3) is 11.8 Å². The summed E-state index contributed by atoms with van der Waals surface area (Å²) >= 11 is 0. The molecule has 0 bridgehead atoms.